The quantitative estimate of drug-likeness (QED) is 0.899. The molecule has 17 heavy (non-hydrogen) atoms. The molecule has 2 rings (SSSR count). The molecule has 0 spiro atoms. The second kappa shape index (κ2) is 4.97. The molecule has 0 aliphatic carbocycles. The minimum atomic E-state index is -0.266. The number of hydrogen-bond donors (Lipinski definition) is 1. The van der Waals surface area contributed by atoms with Gasteiger partial charge >= 0.3 is 0 Å². The zero-order valence-electron chi connectivity index (χ0n) is 9.34. The molecule has 0 aliphatic rings. The van der Waals surface area contributed by atoms with Crippen LogP contribution in [0.4, 0.5) is 0 Å². The summed E-state index contributed by atoms with van der Waals surface area (Å²) in [6, 6.07) is 3.31. The summed E-state index contributed by atoms with van der Waals surface area (Å²) in [5.41, 5.74) is 0.981. The van der Waals surface area contributed by atoms with Crippen LogP contribution in [0, 0.1) is 0 Å². The second-order valence-electron chi connectivity index (χ2n) is 3.72. The molecule has 0 unspecified atom stereocenters. The summed E-state index contributed by atoms with van der Waals surface area (Å²) in [6.07, 6.45) is 2.95. The molecular formula is C12H12N2O2S. The number of nitrogens with one attached hydrogen (secondary N) is 1. The van der Waals surface area contributed by atoms with Crippen LogP contribution >= 0.6 is 11.3 Å². The summed E-state index contributed by atoms with van der Waals surface area (Å²) in [5, 5.41) is 3.95. The van der Waals surface area contributed by atoms with Crippen LogP contribution in [0.25, 0.3) is 0 Å². The van der Waals surface area contributed by atoms with Gasteiger partial charge in [0.25, 0.3) is 5.91 Å². The summed E-state index contributed by atoms with van der Waals surface area (Å²) < 4.78 is 0. The number of aromatic amines is 1. The van der Waals surface area contributed by atoms with Crippen molar-refractivity contribution < 1.29 is 4.79 Å². The zero-order valence-corrected chi connectivity index (χ0v) is 10.2. The molecule has 0 saturated heterocycles. The maximum Gasteiger partial charge on any atom is 0.259 e. The lowest BCUT2D eigenvalue weighted by Gasteiger charge is -2.15. The Bertz CT molecular complexity index is 560. The first-order valence-corrected chi connectivity index (χ1v) is 6.06. The average Bonchev–Trinajstić information content (AvgIpc) is 2.81. The Morgan fingerprint density at radius 2 is 2.29 bits per heavy atom. The molecule has 88 valence electrons. The van der Waals surface area contributed by atoms with Gasteiger partial charge in [0.2, 0.25) is 0 Å². The molecule has 2 aromatic rings. The first kappa shape index (κ1) is 11.6. The third-order valence-corrected chi connectivity index (χ3v) is 3.13. The Labute approximate surface area is 103 Å². The number of pyridine rings is 1. The van der Waals surface area contributed by atoms with Crippen LogP contribution in [0.5, 0.6) is 0 Å². The highest BCUT2D eigenvalue weighted by Gasteiger charge is 2.14. The Morgan fingerprint density at radius 1 is 1.47 bits per heavy atom. The lowest BCUT2D eigenvalue weighted by Crippen LogP contribution is -2.30. The molecule has 5 heteroatoms. The third-order valence-electron chi connectivity index (χ3n) is 2.40. The smallest absolute Gasteiger partial charge is 0.259 e. The molecule has 1 amide bonds. The van der Waals surface area contributed by atoms with Gasteiger partial charge in [-0.2, -0.15) is 11.3 Å². The normalized spacial score (nSPS) is 10.2. The van der Waals surface area contributed by atoms with Gasteiger partial charge in [-0.3, -0.25) is 9.59 Å². The van der Waals surface area contributed by atoms with Crippen molar-refractivity contribution in [2.24, 2.45) is 0 Å². The van der Waals surface area contributed by atoms with Crippen LogP contribution in [-0.4, -0.2) is 22.8 Å². The highest BCUT2D eigenvalue weighted by atomic mass is 32.1. The Hall–Kier alpha value is -1.88. The van der Waals surface area contributed by atoms with E-state index in [-0.39, 0.29) is 16.9 Å². The maximum absolute atomic E-state index is 12.0. The number of carbonyl (C=O) groups is 1. The molecule has 0 aliphatic heterocycles. The van der Waals surface area contributed by atoms with Crippen LogP contribution in [-0.2, 0) is 6.54 Å². The van der Waals surface area contributed by atoms with E-state index < -0.39 is 0 Å². The van der Waals surface area contributed by atoms with Gasteiger partial charge in [0.05, 0.1) is 0 Å². The molecule has 2 heterocycles. The highest BCUT2D eigenvalue weighted by Crippen LogP contribution is 2.09. The van der Waals surface area contributed by atoms with Gasteiger partial charge in [-0.1, -0.05) is 0 Å². The number of amides is 1. The molecule has 0 bridgehead atoms. The predicted octanol–water partition coefficient (Wildman–Crippen LogP) is 1.71. The number of nitrogens with zero attached hydrogens (tertiary/aromatic N) is 1. The van der Waals surface area contributed by atoms with Crippen LogP contribution < -0.4 is 5.43 Å². The van der Waals surface area contributed by atoms with Crippen LogP contribution in [0.15, 0.2) is 40.1 Å². The van der Waals surface area contributed by atoms with Crippen molar-refractivity contribution in [3.05, 3.63) is 56.6 Å². The number of hydrogen-bond acceptors (Lipinski definition) is 3. The summed E-state index contributed by atoms with van der Waals surface area (Å²) >= 11 is 1.59. The molecule has 0 fully saturated rings. The fourth-order valence-electron chi connectivity index (χ4n) is 1.52. The van der Waals surface area contributed by atoms with Gasteiger partial charge in [-0.15, -0.1) is 0 Å². The minimum Gasteiger partial charge on any atom is -0.367 e. The van der Waals surface area contributed by atoms with E-state index in [2.05, 4.69) is 4.98 Å². The summed E-state index contributed by atoms with van der Waals surface area (Å²) in [5.74, 6) is -0.266. The van der Waals surface area contributed by atoms with Gasteiger partial charge in [0.15, 0.2) is 5.43 Å². The first-order valence-electron chi connectivity index (χ1n) is 5.12. The summed E-state index contributed by atoms with van der Waals surface area (Å²) in [4.78, 5) is 27.8. The van der Waals surface area contributed by atoms with E-state index in [0.717, 1.165) is 5.56 Å². The number of carbonyl (C=O) groups excluding carboxylic acids is 1. The number of thiophene rings is 1. The lowest BCUT2D eigenvalue weighted by atomic mass is 10.2. The Kier molecular flexibility index (Phi) is 3.39. The number of H-pyrrole nitrogens is 1. The Balaban J connectivity index is 2.15. The topological polar surface area (TPSA) is 53.2 Å². The molecule has 0 saturated carbocycles. The number of rotatable bonds is 3. The van der Waals surface area contributed by atoms with Crippen molar-refractivity contribution in [3.63, 3.8) is 0 Å². The van der Waals surface area contributed by atoms with Crippen molar-refractivity contribution in [1.29, 1.82) is 0 Å². The fourth-order valence-corrected chi connectivity index (χ4v) is 2.18. The largest absolute Gasteiger partial charge is 0.367 e. The molecule has 0 aromatic carbocycles. The van der Waals surface area contributed by atoms with E-state index in [9.17, 15) is 9.59 Å². The van der Waals surface area contributed by atoms with Gasteiger partial charge in [0.1, 0.15) is 5.56 Å². The average molecular weight is 248 g/mol. The van der Waals surface area contributed by atoms with E-state index in [0.29, 0.717) is 6.54 Å². The molecule has 4 nitrogen and oxygen atoms in total. The van der Waals surface area contributed by atoms with Gasteiger partial charge in [0, 0.05) is 32.1 Å². The van der Waals surface area contributed by atoms with Crippen LogP contribution in [0.3, 0.4) is 0 Å². The monoisotopic (exact) mass is 248 g/mol. The third kappa shape index (κ3) is 2.62. The molecular weight excluding hydrogens is 236 g/mol. The zero-order chi connectivity index (χ0) is 12.3. The van der Waals surface area contributed by atoms with Gasteiger partial charge < -0.3 is 9.88 Å². The molecule has 0 atom stereocenters. The summed E-state index contributed by atoms with van der Waals surface area (Å²) in [7, 11) is 1.69. The van der Waals surface area contributed by atoms with Gasteiger partial charge in [-0.25, -0.2) is 0 Å². The SMILES string of the molecule is CN(Cc1ccsc1)C(=O)c1c[nH]ccc1=O. The molecule has 0 radical (unpaired) electrons. The number of aromatic nitrogens is 1. The van der Waals surface area contributed by atoms with Crippen molar-refractivity contribution >= 4 is 17.2 Å². The van der Waals surface area contributed by atoms with Crippen LogP contribution in [0.2, 0.25) is 0 Å². The molecule has 1 N–H and O–H groups in total. The van der Waals surface area contributed by atoms with Crippen molar-refractivity contribution in [1.82, 2.24) is 9.88 Å². The van der Waals surface area contributed by atoms with Gasteiger partial charge in [-0.05, 0) is 22.4 Å². The van der Waals surface area contributed by atoms with E-state index in [1.165, 1.54) is 23.4 Å². The van der Waals surface area contributed by atoms with E-state index in [1.54, 1.807) is 18.4 Å². The first-order chi connectivity index (χ1) is 8.18. The van der Waals surface area contributed by atoms with Crippen molar-refractivity contribution in [2.75, 3.05) is 7.05 Å². The van der Waals surface area contributed by atoms with Crippen molar-refractivity contribution in [2.45, 2.75) is 6.54 Å². The maximum atomic E-state index is 12.0. The Morgan fingerprint density at radius 3 is 2.94 bits per heavy atom. The van der Waals surface area contributed by atoms with Crippen molar-refractivity contribution in [3.8, 4) is 0 Å². The fraction of sp³-hybridized carbons (Fsp3) is 0.167. The van der Waals surface area contributed by atoms with E-state index >= 15 is 0 Å². The molecule has 2 aromatic heterocycles. The van der Waals surface area contributed by atoms with Crippen LogP contribution in [0.1, 0.15) is 15.9 Å². The highest BCUT2D eigenvalue weighted by molar-refractivity contribution is 7.07. The minimum absolute atomic E-state index is 0.172. The summed E-state index contributed by atoms with van der Waals surface area (Å²) in [6.45, 7) is 0.511. The lowest BCUT2D eigenvalue weighted by molar-refractivity contribution is 0.0783. The standard InChI is InChI=1S/C12H12N2O2S/c1-14(7-9-3-5-17-8-9)12(16)10-6-13-4-2-11(10)15/h2-6,8H,7H2,1H3,(H,13,15). The second-order valence-corrected chi connectivity index (χ2v) is 4.50. The van der Waals surface area contributed by atoms with E-state index in [4.69, 9.17) is 0 Å². The predicted molar refractivity (Wildman–Crippen MR) is 67.2 cm³/mol. The van der Waals surface area contributed by atoms with E-state index in [1.807, 2.05) is 16.8 Å².